The third kappa shape index (κ3) is 6.39. The number of benzene rings is 11. The molecule has 0 bridgehead atoms. The largest absolute Gasteiger partial charge is 0.309 e. The fraction of sp³-hybridized carbons (Fsp3) is 0.0154. The van der Waals surface area contributed by atoms with Gasteiger partial charge in [0, 0.05) is 16.8 Å². The van der Waals surface area contributed by atoms with Crippen LogP contribution in [0.5, 0.6) is 0 Å². The lowest BCUT2D eigenvalue weighted by Crippen LogP contribution is -2.28. The van der Waals surface area contributed by atoms with Gasteiger partial charge in [0.15, 0.2) is 0 Å². The van der Waals surface area contributed by atoms with Crippen molar-refractivity contribution in [2.45, 2.75) is 5.41 Å². The van der Waals surface area contributed by atoms with Gasteiger partial charge in [-0.3, -0.25) is 0 Å². The number of anilines is 3. The van der Waals surface area contributed by atoms with E-state index in [4.69, 9.17) is 0 Å². The molecule has 0 spiro atoms. The average molecular weight is 840 g/mol. The minimum atomic E-state index is -0.560. The number of rotatable bonds is 9. The second-order valence-electron chi connectivity index (χ2n) is 17.1. The van der Waals surface area contributed by atoms with Crippen LogP contribution in [-0.4, -0.2) is 0 Å². The molecule has 0 heterocycles. The van der Waals surface area contributed by atoms with Crippen molar-refractivity contribution in [3.05, 3.63) is 295 Å². The van der Waals surface area contributed by atoms with E-state index in [1.165, 1.54) is 77.5 Å². The van der Waals surface area contributed by atoms with Crippen LogP contribution in [-0.2, 0) is 5.41 Å². The van der Waals surface area contributed by atoms with E-state index in [9.17, 15) is 0 Å². The van der Waals surface area contributed by atoms with Crippen molar-refractivity contribution >= 4 is 27.8 Å². The average Bonchev–Trinajstić information content (AvgIpc) is 3.71. The molecule has 1 nitrogen and oxygen atoms in total. The van der Waals surface area contributed by atoms with Crippen LogP contribution >= 0.6 is 0 Å². The molecule has 0 unspecified atom stereocenters. The lowest BCUT2D eigenvalue weighted by atomic mass is 9.68. The van der Waals surface area contributed by atoms with Crippen LogP contribution in [0.15, 0.2) is 273 Å². The molecule has 0 aromatic heterocycles. The fourth-order valence-corrected chi connectivity index (χ4v) is 10.8. The van der Waals surface area contributed by atoms with Crippen LogP contribution in [0.1, 0.15) is 22.3 Å². The zero-order valence-corrected chi connectivity index (χ0v) is 36.4. The van der Waals surface area contributed by atoms with Crippen molar-refractivity contribution in [2.75, 3.05) is 4.90 Å². The summed E-state index contributed by atoms with van der Waals surface area (Å²) < 4.78 is 0. The van der Waals surface area contributed by atoms with Gasteiger partial charge in [-0.1, -0.05) is 249 Å². The van der Waals surface area contributed by atoms with Crippen molar-refractivity contribution < 1.29 is 0 Å². The number of hydrogen-bond acceptors (Lipinski definition) is 1. The highest BCUT2D eigenvalue weighted by Gasteiger charge is 2.47. The van der Waals surface area contributed by atoms with Crippen molar-refractivity contribution in [3.8, 4) is 55.6 Å². The van der Waals surface area contributed by atoms with Crippen LogP contribution in [0.25, 0.3) is 66.4 Å². The molecule has 1 aliphatic rings. The first-order valence-corrected chi connectivity index (χ1v) is 22.8. The second-order valence-corrected chi connectivity index (χ2v) is 17.1. The van der Waals surface area contributed by atoms with Gasteiger partial charge in [0.2, 0.25) is 0 Å². The summed E-state index contributed by atoms with van der Waals surface area (Å²) in [5.41, 5.74) is 19.6. The molecule has 0 saturated carbocycles. The predicted octanol–water partition coefficient (Wildman–Crippen LogP) is 17.3. The lowest BCUT2D eigenvalue weighted by molar-refractivity contribution is 0.768. The van der Waals surface area contributed by atoms with Crippen LogP contribution in [0.2, 0.25) is 0 Å². The molecule has 11 aromatic rings. The van der Waals surface area contributed by atoms with E-state index < -0.39 is 5.41 Å². The maximum absolute atomic E-state index is 2.56. The van der Waals surface area contributed by atoms with Gasteiger partial charge in [0.1, 0.15) is 0 Å². The number of fused-ring (bicyclic) bond motifs is 4. The van der Waals surface area contributed by atoms with E-state index in [0.717, 1.165) is 28.2 Å². The van der Waals surface area contributed by atoms with Gasteiger partial charge in [0.25, 0.3) is 0 Å². The Morgan fingerprint density at radius 2 is 0.727 bits per heavy atom. The van der Waals surface area contributed by atoms with E-state index >= 15 is 0 Å². The summed E-state index contributed by atoms with van der Waals surface area (Å²) in [6.45, 7) is 0. The number of nitrogens with zero attached hydrogens (tertiary/aromatic N) is 1. The number of hydrogen-bond donors (Lipinski definition) is 0. The fourth-order valence-electron chi connectivity index (χ4n) is 10.8. The molecule has 12 rings (SSSR count). The third-order valence-electron chi connectivity index (χ3n) is 13.6. The molecule has 66 heavy (non-hydrogen) atoms. The van der Waals surface area contributed by atoms with Crippen LogP contribution in [0.3, 0.4) is 0 Å². The van der Waals surface area contributed by atoms with Crippen LogP contribution < -0.4 is 4.90 Å². The van der Waals surface area contributed by atoms with E-state index in [-0.39, 0.29) is 0 Å². The maximum Gasteiger partial charge on any atom is 0.0714 e. The highest BCUT2D eigenvalue weighted by Crippen LogP contribution is 2.60. The molecule has 0 atom stereocenters. The van der Waals surface area contributed by atoms with Gasteiger partial charge < -0.3 is 4.90 Å². The first-order valence-electron chi connectivity index (χ1n) is 22.8. The van der Waals surface area contributed by atoms with Gasteiger partial charge in [-0.05, 0) is 102 Å². The summed E-state index contributed by atoms with van der Waals surface area (Å²) >= 11 is 0. The molecule has 1 heteroatoms. The molecule has 0 saturated heterocycles. The summed E-state index contributed by atoms with van der Waals surface area (Å²) in [6.07, 6.45) is 0. The normalized spacial score (nSPS) is 12.4. The summed E-state index contributed by atoms with van der Waals surface area (Å²) in [6, 6.07) is 100. The molecule has 11 aromatic carbocycles. The van der Waals surface area contributed by atoms with Crippen LogP contribution in [0, 0.1) is 0 Å². The molecular formula is C65H45N. The topological polar surface area (TPSA) is 3.24 Å². The summed E-state index contributed by atoms with van der Waals surface area (Å²) in [7, 11) is 0. The van der Waals surface area contributed by atoms with Gasteiger partial charge in [-0.25, -0.2) is 0 Å². The first-order chi connectivity index (χ1) is 32.8. The van der Waals surface area contributed by atoms with Gasteiger partial charge in [-0.15, -0.1) is 0 Å². The van der Waals surface area contributed by atoms with E-state index in [1.54, 1.807) is 0 Å². The Morgan fingerprint density at radius 3 is 1.44 bits per heavy atom. The second kappa shape index (κ2) is 16.6. The molecule has 310 valence electrons. The Kier molecular flexibility index (Phi) is 9.81. The Morgan fingerprint density at radius 1 is 0.273 bits per heavy atom. The van der Waals surface area contributed by atoms with Crippen LogP contribution in [0.4, 0.5) is 17.1 Å². The predicted molar refractivity (Wildman–Crippen MR) is 278 cm³/mol. The Hall–Kier alpha value is -8.52. The smallest absolute Gasteiger partial charge is 0.0714 e. The third-order valence-corrected chi connectivity index (χ3v) is 13.6. The monoisotopic (exact) mass is 839 g/mol. The SMILES string of the molecule is c1ccc(-c2ccccc2-c2c(-c3ccccc3)cccc2N(c2cccc(-c3cccc4ccccc34)c2)c2cccc3c2-c2ccccc2C3(c2ccccc2)c2ccccc2)cc1. The van der Waals surface area contributed by atoms with E-state index in [2.05, 4.69) is 278 Å². The summed E-state index contributed by atoms with van der Waals surface area (Å²) in [5, 5.41) is 2.46. The highest BCUT2D eigenvalue weighted by atomic mass is 15.1. The molecule has 0 radical (unpaired) electrons. The summed E-state index contributed by atoms with van der Waals surface area (Å²) in [4.78, 5) is 2.56. The molecule has 0 N–H and O–H groups in total. The van der Waals surface area contributed by atoms with Crippen molar-refractivity contribution in [3.63, 3.8) is 0 Å². The van der Waals surface area contributed by atoms with Gasteiger partial charge in [-0.2, -0.15) is 0 Å². The molecule has 0 aliphatic heterocycles. The molecular weight excluding hydrogens is 795 g/mol. The maximum atomic E-state index is 2.56. The Bertz CT molecular complexity index is 3480. The van der Waals surface area contributed by atoms with Gasteiger partial charge >= 0.3 is 0 Å². The van der Waals surface area contributed by atoms with Crippen molar-refractivity contribution in [1.29, 1.82) is 0 Å². The minimum absolute atomic E-state index is 0.560. The highest BCUT2D eigenvalue weighted by molar-refractivity contribution is 6.05. The van der Waals surface area contributed by atoms with E-state index in [1.807, 2.05) is 0 Å². The zero-order valence-electron chi connectivity index (χ0n) is 36.4. The zero-order chi connectivity index (χ0) is 43.9. The minimum Gasteiger partial charge on any atom is -0.309 e. The van der Waals surface area contributed by atoms with Crippen molar-refractivity contribution in [1.82, 2.24) is 0 Å². The van der Waals surface area contributed by atoms with E-state index in [0.29, 0.717) is 0 Å². The standard InChI is InChI=1S/C65H45N/c1-5-23-46(24-6-1)54-36-15-16-37-57(54)63-56(48-25-7-2-8-26-48)40-21-43-61(63)66(52-34-19-29-49(45-52)55-39-20-28-47-27-13-14-35-53(47)55)62-44-22-42-60-64(62)58-38-17-18-41-59(58)65(60,50-30-9-3-10-31-50)51-32-11-4-12-33-51/h1-45H. The Labute approximate surface area is 387 Å². The quantitative estimate of drug-likeness (QED) is 0.140. The molecule has 1 aliphatic carbocycles. The Balaban J connectivity index is 1.21. The summed E-state index contributed by atoms with van der Waals surface area (Å²) in [5.74, 6) is 0. The van der Waals surface area contributed by atoms with Gasteiger partial charge in [0.05, 0.1) is 16.8 Å². The lowest BCUT2D eigenvalue weighted by Gasteiger charge is -2.35. The van der Waals surface area contributed by atoms with Crippen molar-refractivity contribution in [2.24, 2.45) is 0 Å². The first kappa shape index (κ1) is 39.1. The molecule has 0 amide bonds. The molecule has 0 fully saturated rings.